The molecule has 0 atom stereocenters. The van der Waals surface area contributed by atoms with E-state index in [2.05, 4.69) is 11.4 Å². The molecule has 1 heterocycles. The predicted octanol–water partition coefficient (Wildman–Crippen LogP) is 2.26. The second kappa shape index (κ2) is 4.87. The Kier molecular flexibility index (Phi) is 3.28. The van der Waals surface area contributed by atoms with Crippen LogP contribution in [0.25, 0.3) is 0 Å². The SMILES string of the molecule is Cc1cccc(CNC(=O)c2cccn2C)c1. The van der Waals surface area contributed by atoms with Crippen molar-refractivity contribution in [2.24, 2.45) is 7.05 Å². The van der Waals surface area contributed by atoms with E-state index in [1.807, 2.05) is 55.1 Å². The van der Waals surface area contributed by atoms with Crippen LogP contribution in [0.5, 0.6) is 0 Å². The third-order valence-electron chi connectivity index (χ3n) is 2.71. The third-order valence-corrected chi connectivity index (χ3v) is 2.71. The van der Waals surface area contributed by atoms with E-state index >= 15 is 0 Å². The summed E-state index contributed by atoms with van der Waals surface area (Å²) in [6.07, 6.45) is 1.86. The average molecular weight is 228 g/mol. The van der Waals surface area contributed by atoms with Crippen LogP contribution in [-0.2, 0) is 13.6 Å². The number of carbonyl (C=O) groups excluding carboxylic acids is 1. The number of aryl methyl sites for hydroxylation is 2. The predicted molar refractivity (Wildman–Crippen MR) is 67.8 cm³/mol. The summed E-state index contributed by atoms with van der Waals surface area (Å²) in [6.45, 7) is 2.61. The first-order valence-electron chi connectivity index (χ1n) is 5.62. The smallest absolute Gasteiger partial charge is 0.268 e. The second-order valence-electron chi connectivity index (χ2n) is 4.18. The molecular weight excluding hydrogens is 212 g/mol. The first kappa shape index (κ1) is 11.5. The van der Waals surface area contributed by atoms with Crippen molar-refractivity contribution in [3.8, 4) is 0 Å². The molecule has 0 saturated carbocycles. The molecule has 3 heteroatoms. The van der Waals surface area contributed by atoms with E-state index in [1.54, 1.807) is 0 Å². The van der Waals surface area contributed by atoms with Crippen LogP contribution in [0, 0.1) is 6.92 Å². The Bertz CT molecular complexity index is 529. The van der Waals surface area contributed by atoms with E-state index in [0.717, 1.165) is 5.56 Å². The highest BCUT2D eigenvalue weighted by molar-refractivity contribution is 5.92. The zero-order valence-electron chi connectivity index (χ0n) is 10.1. The van der Waals surface area contributed by atoms with Crippen LogP contribution in [0.4, 0.5) is 0 Å². The van der Waals surface area contributed by atoms with E-state index < -0.39 is 0 Å². The van der Waals surface area contributed by atoms with E-state index in [4.69, 9.17) is 0 Å². The molecule has 0 saturated heterocycles. The molecule has 0 spiro atoms. The van der Waals surface area contributed by atoms with Crippen molar-refractivity contribution in [1.29, 1.82) is 0 Å². The number of aromatic nitrogens is 1. The van der Waals surface area contributed by atoms with Crippen LogP contribution in [-0.4, -0.2) is 10.5 Å². The molecule has 0 radical (unpaired) electrons. The lowest BCUT2D eigenvalue weighted by atomic mass is 10.1. The quantitative estimate of drug-likeness (QED) is 0.859. The first-order chi connectivity index (χ1) is 8.16. The summed E-state index contributed by atoms with van der Waals surface area (Å²) in [4.78, 5) is 11.9. The number of benzene rings is 1. The molecule has 0 bridgehead atoms. The second-order valence-corrected chi connectivity index (χ2v) is 4.18. The number of hydrogen-bond acceptors (Lipinski definition) is 1. The minimum atomic E-state index is -0.0426. The van der Waals surface area contributed by atoms with Gasteiger partial charge in [-0.3, -0.25) is 4.79 Å². The summed E-state index contributed by atoms with van der Waals surface area (Å²) in [5.41, 5.74) is 3.00. The summed E-state index contributed by atoms with van der Waals surface area (Å²) in [7, 11) is 1.86. The molecule has 0 unspecified atom stereocenters. The van der Waals surface area contributed by atoms with Crippen molar-refractivity contribution >= 4 is 5.91 Å². The fourth-order valence-corrected chi connectivity index (χ4v) is 1.79. The molecule has 1 N–H and O–H groups in total. The number of amides is 1. The maximum Gasteiger partial charge on any atom is 0.268 e. The fourth-order valence-electron chi connectivity index (χ4n) is 1.79. The lowest BCUT2D eigenvalue weighted by Gasteiger charge is -2.06. The van der Waals surface area contributed by atoms with Gasteiger partial charge in [-0.1, -0.05) is 29.8 Å². The van der Waals surface area contributed by atoms with E-state index in [0.29, 0.717) is 12.2 Å². The molecule has 2 rings (SSSR count). The summed E-state index contributed by atoms with van der Waals surface area (Å²) < 4.78 is 1.81. The molecule has 2 aromatic rings. The van der Waals surface area contributed by atoms with Crippen molar-refractivity contribution in [3.63, 3.8) is 0 Å². The van der Waals surface area contributed by atoms with Crippen LogP contribution in [0.3, 0.4) is 0 Å². The summed E-state index contributed by atoms with van der Waals surface area (Å²) in [6, 6.07) is 11.8. The third kappa shape index (κ3) is 2.75. The maximum atomic E-state index is 11.9. The van der Waals surface area contributed by atoms with Crippen molar-refractivity contribution in [1.82, 2.24) is 9.88 Å². The van der Waals surface area contributed by atoms with Crippen molar-refractivity contribution < 1.29 is 4.79 Å². The Hall–Kier alpha value is -2.03. The average Bonchev–Trinajstić information content (AvgIpc) is 2.72. The number of rotatable bonds is 3. The van der Waals surface area contributed by atoms with E-state index in [1.165, 1.54) is 5.56 Å². The molecule has 0 aliphatic rings. The standard InChI is InChI=1S/C14H16N2O/c1-11-5-3-6-12(9-11)10-15-14(17)13-7-4-8-16(13)2/h3-9H,10H2,1-2H3,(H,15,17). The number of hydrogen-bond donors (Lipinski definition) is 1. The Balaban J connectivity index is 1.99. The van der Waals surface area contributed by atoms with Gasteiger partial charge in [0.25, 0.3) is 5.91 Å². The molecule has 3 nitrogen and oxygen atoms in total. The van der Waals surface area contributed by atoms with Gasteiger partial charge < -0.3 is 9.88 Å². The molecular formula is C14H16N2O. The van der Waals surface area contributed by atoms with E-state index in [9.17, 15) is 4.79 Å². The van der Waals surface area contributed by atoms with Gasteiger partial charge in [0.2, 0.25) is 0 Å². The highest BCUT2D eigenvalue weighted by Crippen LogP contribution is 2.04. The monoisotopic (exact) mass is 228 g/mol. The number of nitrogens with zero attached hydrogens (tertiary/aromatic N) is 1. The van der Waals surface area contributed by atoms with Crippen LogP contribution in [0.15, 0.2) is 42.6 Å². The van der Waals surface area contributed by atoms with Crippen molar-refractivity contribution in [2.75, 3.05) is 0 Å². The van der Waals surface area contributed by atoms with Crippen LogP contribution in [0.1, 0.15) is 21.6 Å². The van der Waals surface area contributed by atoms with Crippen LogP contribution >= 0.6 is 0 Å². The Morgan fingerprint density at radius 2 is 2.12 bits per heavy atom. The Morgan fingerprint density at radius 3 is 2.76 bits per heavy atom. The number of nitrogens with one attached hydrogen (secondary N) is 1. The molecule has 1 aromatic heterocycles. The first-order valence-corrected chi connectivity index (χ1v) is 5.62. The lowest BCUT2D eigenvalue weighted by molar-refractivity contribution is 0.0943. The molecule has 88 valence electrons. The van der Waals surface area contributed by atoms with Gasteiger partial charge in [-0.15, -0.1) is 0 Å². The van der Waals surface area contributed by atoms with Gasteiger partial charge in [-0.2, -0.15) is 0 Å². The summed E-state index contributed by atoms with van der Waals surface area (Å²) in [5, 5.41) is 2.91. The topological polar surface area (TPSA) is 34.0 Å². The molecule has 0 aliphatic carbocycles. The van der Waals surface area contributed by atoms with Crippen molar-refractivity contribution in [2.45, 2.75) is 13.5 Å². The van der Waals surface area contributed by atoms with Crippen LogP contribution in [0.2, 0.25) is 0 Å². The van der Waals surface area contributed by atoms with Gasteiger partial charge in [-0.05, 0) is 24.6 Å². The zero-order valence-corrected chi connectivity index (χ0v) is 10.1. The van der Waals surface area contributed by atoms with Crippen molar-refractivity contribution in [3.05, 3.63) is 59.4 Å². The Labute approximate surface area is 101 Å². The number of carbonyl (C=O) groups is 1. The molecule has 1 aromatic carbocycles. The van der Waals surface area contributed by atoms with Gasteiger partial charge in [0, 0.05) is 19.8 Å². The highest BCUT2D eigenvalue weighted by Gasteiger charge is 2.07. The molecule has 17 heavy (non-hydrogen) atoms. The normalized spacial score (nSPS) is 10.2. The summed E-state index contributed by atoms with van der Waals surface area (Å²) >= 11 is 0. The van der Waals surface area contributed by atoms with Gasteiger partial charge in [0.1, 0.15) is 5.69 Å². The minimum Gasteiger partial charge on any atom is -0.347 e. The molecule has 0 aliphatic heterocycles. The van der Waals surface area contributed by atoms with E-state index in [-0.39, 0.29) is 5.91 Å². The maximum absolute atomic E-state index is 11.9. The summed E-state index contributed by atoms with van der Waals surface area (Å²) in [5.74, 6) is -0.0426. The lowest BCUT2D eigenvalue weighted by Crippen LogP contribution is -2.24. The largest absolute Gasteiger partial charge is 0.347 e. The van der Waals surface area contributed by atoms with Crippen LogP contribution < -0.4 is 5.32 Å². The highest BCUT2D eigenvalue weighted by atomic mass is 16.1. The zero-order chi connectivity index (χ0) is 12.3. The van der Waals surface area contributed by atoms with Gasteiger partial charge in [-0.25, -0.2) is 0 Å². The van der Waals surface area contributed by atoms with Gasteiger partial charge >= 0.3 is 0 Å². The van der Waals surface area contributed by atoms with Gasteiger partial charge in [0.05, 0.1) is 0 Å². The van der Waals surface area contributed by atoms with Gasteiger partial charge in [0.15, 0.2) is 0 Å². The Morgan fingerprint density at radius 1 is 1.29 bits per heavy atom. The molecule has 0 fully saturated rings. The fraction of sp³-hybridized carbons (Fsp3) is 0.214. The molecule has 1 amide bonds. The minimum absolute atomic E-state index is 0.0426.